The number of aromatic amines is 1. The van der Waals surface area contributed by atoms with Crippen LogP contribution in [0.3, 0.4) is 0 Å². The smallest absolute Gasteiger partial charge is 0.342 e. The second kappa shape index (κ2) is 10.9. The number of hydrogen-bond acceptors (Lipinski definition) is 6. The van der Waals surface area contributed by atoms with Crippen molar-refractivity contribution in [2.75, 3.05) is 6.61 Å². The molecule has 0 unspecified atom stereocenters. The minimum Gasteiger partial charge on any atom is -0.490 e. The number of carboxylic acids is 1. The van der Waals surface area contributed by atoms with Crippen LogP contribution in [0.25, 0.3) is 6.08 Å². The lowest BCUT2D eigenvalue weighted by Crippen LogP contribution is -2.00. The average molecular weight is 460 g/mol. The fraction of sp³-hybridized carbons (Fsp3) is 0.227. The first-order valence-corrected chi connectivity index (χ1v) is 10.9. The number of nitrogens with zero attached hydrogens (tertiary/aromatic N) is 2. The Morgan fingerprint density at radius 1 is 1.16 bits per heavy atom. The number of hydrogen-bond donors (Lipinski definition) is 2. The number of nitrogens with one attached hydrogen (secondary N) is 1. The standard InChI is InChI=1S/C22H22ClN3O4S/c1-3-20-24-22(26-25-20)31-19(21(27)28)12-15-7-10-17(18(11-15)29-4-2)30-13-14-5-8-16(23)9-6-14/h5-12H,3-4,13H2,1-2H3,(H,27,28)(H,24,25,26)/b19-12-. The van der Waals surface area contributed by atoms with Crippen LogP contribution in [0.1, 0.15) is 30.8 Å². The lowest BCUT2D eigenvalue weighted by molar-refractivity contribution is -0.131. The molecule has 0 atom stereocenters. The molecule has 31 heavy (non-hydrogen) atoms. The summed E-state index contributed by atoms with van der Waals surface area (Å²) < 4.78 is 11.6. The predicted octanol–water partition coefficient (Wildman–Crippen LogP) is 5.22. The zero-order valence-corrected chi connectivity index (χ0v) is 18.7. The van der Waals surface area contributed by atoms with Gasteiger partial charge >= 0.3 is 5.97 Å². The van der Waals surface area contributed by atoms with Crippen LogP contribution in [0.15, 0.2) is 52.5 Å². The number of carboxylic acid groups (broad SMARTS) is 1. The van der Waals surface area contributed by atoms with Crippen molar-refractivity contribution in [1.82, 2.24) is 15.2 Å². The molecule has 0 amide bonds. The van der Waals surface area contributed by atoms with E-state index in [9.17, 15) is 9.90 Å². The molecule has 9 heteroatoms. The Hall–Kier alpha value is -2.97. The van der Waals surface area contributed by atoms with Gasteiger partial charge in [-0.25, -0.2) is 9.78 Å². The number of aliphatic carboxylic acids is 1. The van der Waals surface area contributed by atoms with E-state index in [1.807, 2.05) is 26.0 Å². The molecule has 0 spiro atoms. The minimum absolute atomic E-state index is 0.0962. The monoisotopic (exact) mass is 459 g/mol. The third-order valence-corrected chi connectivity index (χ3v) is 5.26. The topological polar surface area (TPSA) is 97.3 Å². The number of thioether (sulfide) groups is 1. The number of H-pyrrole nitrogens is 1. The van der Waals surface area contributed by atoms with Gasteiger partial charge in [0.05, 0.1) is 6.61 Å². The van der Waals surface area contributed by atoms with Gasteiger partial charge in [0.2, 0.25) is 5.16 Å². The lowest BCUT2D eigenvalue weighted by atomic mass is 10.2. The third kappa shape index (κ3) is 6.50. The fourth-order valence-electron chi connectivity index (χ4n) is 2.61. The predicted molar refractivity (Wildman–Crippen MR) is 121 cm³/mol. The van der Waals surface area contributed by atoms with E-state index < -0.39 is 5.97 Å². The molecule has 7 nitrogen and oxygen atoms in total. The average Bonchev–Trinajstić information content (AvgIpc) is 3.22. The quantitative estimate of drug-likeness (QED) is 0.317. The molecule has 0 saturated carbocycles. The van der Waals surface area contributed by atoms with Crippen molar-refractivity contribution >= 4 is 35.4 Å². The van der Waals surface area contributed by atoms with Crippen LogP contribution in [0.4, 0.5) is 0 Å². The molecule has 0 fully saturated rings. The van der Waals surface area contributed by atoms with Crippen LogP contribution in [0, 0.1) is 0 Å². The van der Waals surface area contributed by atoms with Gasteiger partial charge < -0.3 is 14.6 Å². The number of carbonyl (C=O) groups is 1. The molecule has 0 aliphatic rings. The Bertz CT molecular complexity index is 1070. The minimum atomic E-state index is -1.06. The zero-order chi connectivity index (χ0) is 22.2. The lowest BCUT2D eigenvalue weighted by Gasteiger charge is -2.13. The Labute approximate surface area is 189 Å². The number of benzene rings is 2. The summed E-state index contributed by atoms with van der Waals surface area (Å²) in [6.45, 7) is 4.61. The number of ether oxygens (including phenoxy) is 2. The molecule has 3 aromatic rings. The maximum Gasteiger partial charge on any atom is 0.342 e. The van der Waals surface area contributed by atoms with Gasteiger partial charge in [-0.2, -0.15) is 0 Å². The Morgan fingerprint density at radius 3 is 2.58 bits per heavy atom. The second-order valence-corrected chi connectivity index (χ2v) is 7.83. The van der Waals surface area contributed by atoms with Gasteiger partial charge in [0.1, 0.15) is 17.3 Å². The van der Waals surface area contributed by atoms with Crippen LogP contribution in [-0.2, 0) is 17.8 Å². The van der Waals surface area contributed by atoms with Crippen molar-refractivity contribution in [3.05, 3.63) is 69.3 Å². The maximum absolute atomic E-state index is 11.7. The molecular weight excluding hydrogens is 438 g/mol. The first kappa shape index (κ1) is 22.7. The van der Waals surface area contributed by atoms with Crippen LogP contribution in [-0.4, -0.2) is 32.9 Å². The number of aromatic nitrogens is 3. The van der Waals surface area contributed by atoms with Gasteiger partial charge in [-0.15, -0.1) is 5.10 Å². The van der Waals surface area contributed by atoms with Crippen LogP contribution in [0.5, 0.6) is 11.5 Å². The van der Waals surface area contributed by atoms with Gasteiger partial charge in [-0.3, -0.25) is 5.10 Å². The summed E-state index contributed by atoms with van der Waals surface area (Å²) in [5.74, 6) is 0.744. The fourth-order valence-corrected chi connectivity index (χ4v) is 3.46. The Morgan fingerprint density at radius 2 is 1.94 bits per heavy atom. The first-order valence-electron chi connectivity index (χ1n) is 9.66. The third-order valence-electron chi connectivity index (χ3n) is 4.13. The van der Waals surface area contributed by atoms with E-state index in [4.69, 9.17) is 21.1 Å². The van der Waals surface area contributed by atoms with E-state index in [0.717, 1.165) is 17.3 Å². The number of aryl methyl sites for hydroxylation is 1. The highest BCUT2D eigenvalue weighted by Crippen LogP contribution is 2.32. The SMILES string of the molecule is CCOc1cc(/C=C(\Sc2n[nH]c(CC)n2)C(=O)O)ccc1OCc1ccc(Cl)cc1. The van der Waals surface area contributed by atoms with E-state index in [1.165, 1.54) is 0 Å². The van der Waals surface area contributed by atoms with E-state index in [-0.39, 0.29) is 4.91 Å². The molecule has 0 bridgehead atoms. The summed E-state index contributed by atoms with van der Waals surface area (Å²) >= 11 is 6.90. The van der Waals surface area contributed by atoms with Gasteiger partial charge in [0.15, 0.2) is 11.5 Å². The van der Waals surface area contributed by atoms with E-state index >= 15 is 0 Å². The van der Waals surface area contributed by atoms with Crippen molar-refractivity contribution in [2.24, 2.45) is 0 Å². The highest BCUT2D eigenvalue weighted by molar-refractivity contribution is 8.04. The van der Waals surface area contributed by atoms with Crippen LogP contribution < -0.4 is 9.47 Å². The van der Waals surface area contributed by atoms with E-state index in [1.54, 1.807) is 36.4 Å². The summed E-state index contributed by atoms with van der Waals surface area (Å²) in [4.78, 5) is 16.1. The highest BCUT2D eigenvalue weighted by atomic mass is 35.5. The molecule has 162 valence electrons. The molecule has 0 saturated heterocycles. The molecule has 0 radical (unpaired) electrons. The van der Waals surface area contributed by atoms with E-state index in [2.05, 4.69) is 15.2 Å². The zero-order valence-electron chi connectivity index (χ0n) is 17.1. The van der Waals surface area contributed by atoms with Gasteiger partial charge in [-0.05, 0) is 60.2 Å². The highest BCUT2D eigenvalue weighted by Gasteiger charge is 2.14. The molecular formula is C22H22ClN3O4S. The van der Waals surface area contributed by atoms with Gasteiger partial charge in [0, 0.05) is 11.4 Å². The van der Waals surface area contributed by atoms with Gasteiger partial charge in [-0.1, -0.05) is 36.7 Å². The molecule has 1 heterocycles. The molecule has 3 rings (SSSR count). The molecule has 2 aromatic carbocycles. The van der Waals surface area contributed by atoms with Crippen LogP contribution in [0.2, 0.25) is 5.02 Å². The molecule has 1 aromatic heterocycles. The maximum atomic E-state index is 11.7. The van der Waals surface area contributed by atoms with Crippen molar-refractivity contribution in [2.45, 2.75) is 32.0 Å². The molecule has 0 aliphatic heterocycles. The van der Waals surface area contributed by atoms with Crippen molar-refractivity contribution in [1.29, 1.82) is 0 Å². The van der Waals surface area contributed by atoms with Crippen molar-refractivity contribution in [3.8, 4) is 11.5 Å². The largest absolute Gasteiger partial charge is 0.490 e. The summed E-state index contributed by atoms with van der Waals surface area (Å²) in [7, 11) is 0. The van der Waals surface area contributed by atoms with Gasteiger partial charge in [0.25, 0.3) is 0 Å². The summed E-state index contributed by atoms with van der Waals surface area (Å²) in [5.41, 5.74) is 1.64. The second-order valence-electron chi connectivity index (χ2n) is 6.39. The number of rotatable bonds is 10. The summed E-state index contributed by atoms with van der Waals surface area (Å²) in [6.07, 6.45) is 2.25. The molecule has 2 N–H and O–H groups in total. The van der Waals surface area contributed by atoms with Crippen molar-refractivity contribution < 1.29 is 19.4 Å². The van der Waals surface area contributed by atoms with Crippen molar-refractivity contribution in [3.63, 3.8) is 0 Å². The van der Waals surface area contributed by atoms with Crippen LogP contribution >= 0.6 is 23.4 Å². The normalized spacial score (nSPS) is 11.4. The Balaban J connectivity index is 1.79. The van der Waals surface area contributed by atoms with E-state index in [0.29, 0.717) is 52.7 Å². The number of halogens is 1. The Kier molecular flexibility index (Phi) is 7.97. The summed E-state index contributed by atoms with van der Waals surface area (Å²) in [6, 6.07) is 12.7. The summed E-state index contributed by atoms with van der Waals surface area (Å²) in [5, 5.41) is 17.4. The first-order chi connectivity index (χ1) is 15.0. The molecule has 0 aliphatic carbocycles.